The molecule has 1 unspecified atom stereocenters. The summed E-state index contributed by atoms with van der Waals surface area (Å²) < 4.78 is 1.49. The summed E-state index contributed by atoms with van der Waals surface area (Å²) in [6.45, 7) is 1.61. The van der Waals surface area contributed by atoms with Gasteiger partial charge in [-0.25, -0.2) is 9.48 Å². The van der Waals surface area contributed by atoms with Gasteiger partial charge in [-0.15, -0.1) is 0 Å². The highest BCUT2D eigenvalue weighted by Gasteiger charge is 2.50. The van der Waals surface area contributed by atoms with Crippen LogP contribution in [0.4, 0.5) is 4.79 Å². The lowest BCUT2D eigenvalue weighted by Crippen LogP contribution is -2.48. The van der Waals surface area contributed by atoms with Gasteiger partial charge in [-0.05, 0) is 30.7 Å². The van der Waals surface area contributed by atoms with E-state index in [-0.39, 0.29) is 5.69 Å². The summed E-state index contributed by atoms with van der Waals surface area (Å²) in [5.74, 6) is -1.22. The number of carbonyl (C=O) groups is 3. The summed E-state index contributed by atoms with van der Waals surface area (Å²) in [5.41, 5.74) is 4.05. The van der Waals surface area contributed by atoms with Crippen LogP contribution in [0.1, 0.15) is 23.0 Å². The Labute approximate surface area is 195 Å². The minimum atomic E-state index is -1.29. The SMILES string of the molecule is CC1(c2ccccc2)NC(=O)N(NC(=O)c2cc(-c3ccccc3)nn2-c2ccccc2)C1=O. The number of nitrogens with one attached hydrogen (secondary N) is 2. The topological polar surface area (TPSA) is 96.3 Å². The minimum absolute atomic E-state index is 0.180. The molecule has 0 bridgehead atoms. The van der Waals surface area contributed by atoms with E-state index in [0.29, 0.717) is 16.9 Å². The van der Waals surface area contributed by atoms with Crippen molar-refractivity contribution in [3.63, 3.8) is 0 Å². The van der Waals surface area contributed by atoms with Crippen molar-refractivity contribution < 1.29 is 14.4 Å². The Morgan fingerprint density at radius 3 is 2.12 bits per heavy atom. The van der Waals surface area contributed by atoms with Crippen LogP contribution in [0, 0.1) is 0 Å². The average Bonchev–Trinajstić information content (AvgIpc) is 3.42. The van der Waals surface area contributed by atoms with Crippen LogP contribution >= 0.6 is 0 Å². The van der Waals surface area contributed by atoms with Crippen LogP contribution in [-0.2, 0) is 10.3 Å². The molecular weight excluding hydrogens is 430 g/mol. The van der Waals surface area contributed by atoms with Gasteiger partial charge in [0.1, 0.15) is 11.2 Å². The summed E-state index contributed by atoms with van der Waals surface area (Å²) in [5, 5.41) is 8.02. The zero-order chi connectivity index (χ0) is 23.7. The molecule has 0 aliphatic carbocycles. The monoisotopic (exact) mass is 451 g/mol. The molecule has 0 spiro atoms. The Bertz CT molecular complexity index is 1370. The van der Waals surface area contributed by atoms with Crippen LogP contribution in [0.15, 0.2) is 97.1 Å². The zero-order valence-electron chi connectivity index (χ0n) is 18.3. The predicted octanol–water partition coefficient (Wildman–Crippen LogP) is 3.65. The molecule has 4 amide bonds. The molecule has 8 heteroatoms. The van der Waals surface area contributed by atoms with Crippen LogP contribution in [0.5, 0.6) is 0 Å². The second kappa shape index (κ2) is 8.32. The fraction of sp³-hybridized carbons (Fsp3) is 0.0769. The molecular formula is C26H21N5O3. The van der Waals surface area contributed by atoms with Crippen molar-refractivity contribution in [3.8, 4) is 16.9 Å². The zero-order valence-corrected chi connectivity index (χ0v) is 18.3. The van der Waals surface area contributed by atoms with Crippen molar-refractivity contribution in [2.75, 3.05) is 0 Å². The van der Waals surface area contributed by atoms with Gasteiger partial charge >= 0.3 is 6.03 Å². The molecule has 5 rings (SSSR count). The number of para-hydroxylation sites is 1. The molecule has 3 aromatic carbocycles. The third-order valence-corrected chi connectivity index (χ3v) is 5.77. The van der Waals surface area contributed by atoms with Crippen molar-refractivity contribution in [2.45, 2.75) is 12.5 Å². The molecule has 1 fully saturated rings. The normalized spacial score (nSPS) is 17.5. The first-order valence-electron chi connectivity index (χ1n) is 10.7. The number of aromatic nitrogens is 2. The lowest BCUT2D eigenvalue weighted by atomic mass is 9.92. The summed E-state index contributed by atoms with van der Waals surface area (Å²) >= 11 is 0. The first-order valence-corrected chi connectivity index (χ1v) is 10.7. The molecule has 2 heterocycles. The maximum Gasteiger partial charge on any atom is 0.344 e. The van der Waals surface area contributed by atoms with Gasteiger partial charge in [-0.2, -0.15) is 10.1 Å². The molecule has 8 nitrogen and oxygen atoms in total. The Balaban J connectivity index is 1.48. The summed E-state index contributed by atoms with van der Waals surface area (Å²) in [4.78, 5) is 39.2. The highest BCUT2D eigenvalue weighted by atomic mass is 16.2. The van der Waals surface area contributed by atoms with E-state index in [9.17, 15) is 14.4 Å². The van der Waals surface area contributed by atoms with Crippen molar-refractivity contribution in [2.24, 2.45) is 0 Å². The maximum absolute atomic E-state index is 13.3. The number of amides is 4. The Kier molecular flexibility index (Phi) is 5.18. The molecule has 1 saturated heterocycles. The van der Waals surface area contributed by atoms with Crippen LogP contribution in [0.3, 0.4) is 0 Å². The third kappa shape index (κ3) is 3.61. The quantitative estimate of drug-likeness (QED) is 0.453. The standard InChI is InChI=1S/C26H21N5O3/c1-26(19-13-7-3-8-14-19)24(33)31(25(34)27-26)29-23(32)22-17-21(18-11-5-2-6-12-18)28-30(22)20-15-9-4-10-16-20/h2-17H,1H3,(H,27,34)(H,29,32). The summed E-state index contributed by atoms with van der Waals surface area (Å²) in [7, 11) is 0. The molecule has 2 N–H and O–H groups in total. The van der Waals surface area contributed by atoms with Crippen LogP contribution in [-0.4, -0.2) is 32.6 Å². The van der Waals surface area contributed by atoms with Crippen molar-refractivity contribution >= 4 is 17.8 Å². The van der Waals surface area contributed by atoms with E-state index in [1.807, 2.05) is 66.7 Å². The van der Waals surface area contributed by atoms with Crippen LogP contribution in [0.2, 0.25) is 0 Å². The van der Waals surface area contributed by atoms with E-state index >= 15 is 0 Å². The van der Waals surface area contributed by atoms with E-state index in [0.717, 1.165) is 10.6 Å². The largest absolute Gasteiger partial charge is 0.344 e. The lowest BCUT2D eigenvalue weighted by Gasteiger charge is -2.22. The van der Waals surface area contributed by atoms with Crippen molar-refractivity contribution in [3.05, 3.63) is 108 Å². The summed E-state index contributed by atoms with van der Waals surface area (Å²) in [6.07, 6.45) is 0. The Morgan fingerprint density at radius 2 is 1.47 bits per heavy atom. The molecule has 1 aliphatic rings. The number of rotatable bonds is 5. The fourth-order valence-corrected chi connectivity index (χ4v) is 3.93. The first-order chi connectivity index (χ1) is 16.5. The number of urea groups is 1. The number of imide groups is 1. The molecule has 1 atom stereocenters. The molecule has 168 valence electrons. The molecule has 0 saturated carbocycles. The van der Waals surface area contributed by atoms with Gasteiger partial charge in [0, 0.05) is 5.56 Å². The van der Waals surface area contributed by atoms with Crippen molar-refractivity contribution in [1.29, 1.82) is 0 Å². The van der Waals surface area contributed by atoms with E-state index in [2.05, 4.69) is 15.8 Å². The van der Waals surface area contributed by atoms with E-state index < -0.39 is 23.4 Å². The van der Waals surface area contributed by atoms with Gasteiger partial charge in [0.2, 0.25) is 0 Å². The van der Waals surface area contributed by atoms with Gasteiger partial charge in [-0.3, -0.25) is 15.0 Å². The van der Waals surface area contributed by atoms with Gasteiger partial charge in [-0.1, -0.05) is 78.9 Å². The highest BCUT2D eigenvalue weighted by molar-refractivity contribution is 6.09. The number of nitrogens with zero attached hydrogens (tertiary/aromatic N) is 3. The van der Waals surface area contributed by atoms with E-state index in [1.54, 1.807) is 37.3 Å². The van der Waals surface area contributed by atoms with Crippen molar-refractivity contribution in [1.82, 2.24) is 25.5 Å². The molecule has 1 aliphatic heterocycles. The first kappa shape index (κ1) is 21.1. The van der Waals surface area contributed by atoms with Gasteiger partial charge < -0.3 is 5.32 Å². The molecule has 0 radical (unpaired) electrons. The number of benzene rings is 3. The lowest BCUT2D eigenvalue weighted by molar-refractivity contribution is -0.132. The van der Waals surface area contributed by atoms with Gasteiger partial charge in [0.15, 0.2) is 0 Å². The number of hydrogen-bond donors (Lipinski definition) is 2. The van der Waals surface area contributed by atoms with Gasteiger partial charge in [0.05, 0.1) is 11.4 Å². The molecule has 4 aromatic rings. The van der Waals surface area contributed by atoms with Crippen LogP contribution in [0.25, 0.3) is 16.9 Å². The van der Waals surface area contributed by atoms with Gasteiger partial charge in [0.25, 0.3) is 11.8 Å². The van der Waals surface area contributed by atoms with E-state index in [4.69, 9.17) is 0 Å². The number of carbonyl (C=O) groups excluding carboxylic acids is 3. The Hall–Kier alpha value is -4.72. The Morgan fingerprint density at radius 1 is 0.882 bits per heavy atom. The maximum atomic E-state index is 13.3. The third-order valence-electron chi connectivity index (χ3n) is 5.77. The van der Waals surface area contributed by atoms with E-state index in [1.165, 1.54) is 4.68 Å². The molecule has 34 heavy (non-hydrogen) atoms. The fourth-order valence-electron chi connectivity index (χ4n) is 3.93. The average molecular weight is 451 g/mol. The van der Waals surface area contributed by atoms with Crippen LogP contribution < -0.4 is 10.7 Å². The summed E-state index contributed by atoms with van der Waals surface area (Å²) in [6, 6.07) is 28.4. The molecule has 1 aromatic heterocycles. The highest BCUT2D eigenvalue weighted by Crippen LogP contribution is 2.28. The smallest absolute Gasteiger partial charge is 0.318 e. The predicted molar refractivity (Wildman–Crippen MR) is 126 cm³/mol. The minimum Gasteiger partial charge on any atom is -0.318 e. The second-order valence-corrected chi connectivity index (χ2v) is 8.03. The number of hydrazine groups is 1. The number of hydrogen-bond acceptors (Lipinski definition) is 4. The second-order valence-electron chi connectivity index (χ2n) is 8.03.